The number of halogens is 1. The number of likely N-dealkylation sites (tertiary alicyclic amines) is 1. The number of aryl methyl sites for hydroxylation is 1. The van der Waals surface area contributed by atoms with Gasteiger partial charge in [0.2, 0.25) is 5.78 Å². The van der Waals surface area contributed by atoms with Crippen molar-refractivity contribution in [2.24, 2.45) is 5.92 Å². The number of amides is 1. The van der Waals surface area contributed by atoms with Gasteiger partial charge in [-0.3, -0.25) is 14.4 Å². The number of rotatable bonds is 6. The summed E-state index contributed by atoms with van der Waals surface area (Å²) in [4.78, 5) is 41.8. The summed E-state index contributed by atoms with van der Waals surface area (Å²) in [6, 6.07) is 11.9. The quantitative estimate of drug-likeness (QED) is 0.438. The number of carbonyl (C=O) groups excluding carboxylic acids is 3. The third-order valence-corrected chi connectivity index (χ3v) is 5.04. The standard InChI is InChI=1S/C22H23FN2O3/c1-14-8-10-15(11-9-14)20(26)18-19(16-6-4-5-7-17(16)23)25(13-12-24(2)3)22(28)21(18)27/h4-11,18-19H,12-13H2,1-3H3. The average molecular weight is 382 g/mol. The number of hydrogen-bond donors (Lipinski definition) is 0. The minimum atomic E-state index is -1.26. The van der Waals surface area contributed by atoms with Crippen LogP contribution in [0, 0.1) is 18.7 Å². The summed E-state index contributed by atoms with van der Waals surface area (Å²) < 4.78 is 14.6. The number of hydrogen-bond acceptors (Lipinski definition) is 4. The Balaban J connectivity index is 2.06. The van der Waals surface area contributed by atoms with Gasteiger partial charge >= 0.3 is 0 Å². The van der Waals surface area contributed by atoms with Gasteiger partial charge in [0.05, 0.1) is 6.04 Å². The van der Waals surface area contributed by atoms with Crippen molar-refractivity contribution in [1.82, 2.24) is 9.80 Å². The molecule has 28 heavy (non-hydrogen) atoms. The highest BCUT2D eigenvalue weighted by Crippen LogP contribution is 2.39. The fourth-order valence-corrected chi connectivity index (χ4v) is 3.49. The number of Topliss-reactive ketones (excluding diaryl/α,β-unsaturated/α-hetero) is 2. The lowest BCUT2D eigenvalue weighted by Crippen LogP contribution is -2.36. The third-order valence-electron chi connectivity index (χ3n) is 5.04. The van der Waals surface area contributed by atoms with Crippen molar-refractivity contribution in [3.05, 3.63) is 71.0 Å². The highest BCUT2D eigenvalue weighted by atomic mass is 19.1. The van der Waals surface area contributed by atoms with Crippen molar-refractivity contribution in [3.8, 4) is 0 Å². The van der Waals surface area contributed by atoms with Gasteiger partial charge in [0.1, 0.15) is 11.7 Å². The highest BCUT2D eigenvalue weighted by Gasteiger charge is 2.52. The maximum absolute atomic E-state index is 14.6. The first-order chi connectivity index (χ1) is 13.3. The summed E-state index contributed by atoms with van der Waals surface area (Å²) in [6.07, 6.45) is 0. The molecule has 0 N–H and O–H groups in total. The van der Waals surface area contributed by atoms with Crippen molar-refractivity contribution in [1.29, 1.82) is 0 Å². The van der Waals surface area contributed by atoms with Crippen LogP contribution in [-0.4, -0.2) is 54.5 Å². The van der Waals surface area contributed by atoms with Crippen LogP contribution in [0.15, 0.2) is 48.5 Å². The Morgan fingerprint density at radius 3 is 2.32 bits per heavy atom. The first-order valence-electron chi connectivity index (χ1n) is 9.16. The molecular weight excluding hydrogens is 359 g/mol. The minimum absolute atomic E-state index is 0.186. The van der Waals surface area contributed by atoms with Crippen LogP contribution in [0.25, 0.3) is 0 Å². The first-order valence-corrected chi connectivity index (χ1v) is 9.16. The van der Waals surface area contributed by atoms with Crippen molar-refractivity contribution < 1.29 is 18.8 Å². The van der Waals surface area contributed by atoms with Crippen molar-refractivity contribution >= 4 is 17.5 Å². The Hall–Kier alpha value is -2.86. The predicted octanol–water partition coefficient (Wildman–Crippen LogP) is 2.65. The summed E-state index contributed by atoms with van der Waals surface area (Å²) in [7, 11) is 3.69. The van der Waals surface area contributed by atoms with Crippen molar-refractivity contribution in [2.45, 2.75) is 13.0 Å². The summed E-state index contributed by atoms with van der Waals surface area (Å²) in [5.74, 6) is -3.77. The molecule has 0 bridgehead atoms. The third kappa shape index (κ3) is 3.73. The normalized spacial score (nSPS) is 19.5. The van der Waals surface area contributed by atoms with Gasteiger partial charge in [-0.15, -0.1) is 0 Å². The van der Waals surface area contributed by atoms with E-state index < -0.39 is 35.3 Å². The average Bonchev–Trinajstić information content (AvgIpc) is 2.91. The molecular formula is C22H23FN2O3. The lowest BCUT2D eigenvalue weighted by Gasteiger charge is -2.28. The minimum Gasteiger partial charge on any atom is -0.326 e. The van der Waals surface area contributed by atoms with Crippen LogP contribution in [-0.2, 0) is 9.59 Å². The predicted molar refractivity (Wildman–Crippen MR) is 103 cm³/mol. The lowest BCUT2D eigenvalue weighted by molar-refractivity contribution is -0.140. The van der Waals surface area contributed by atoms with E-state index in [1.165, 1.54) is 17.0 Å². The maximum atomic E-state index is 14.6. The fraction of sp³-hybridized carbons (Fsp3) is 0.318. The van der Waals surface area contributed by atoms with Crippen molar-refractivity contribution in [2.75, 3.05) is 27.2 Å². The van der Waals surface area contributed by atoms with E-state index in [2.05, 4.69) is 0 Å². The van der Waals surface area contributed by atoms with Crippen LogP contribution in [0.2, 0.25) is 0 Å². The number of nitrogens with zero attached hydrogens (tertiary/aromatic N) is 2. The first kappa shape index (κ1) is 19.9. The van der Waals surface area contributed by atoms with E-state index in [4.69, 9.17) is 0 Å². The zero-order valence-corrected chi connectivity index (χ0v) is 16.2. The van der Waals surface area contributed by atoms with E-state index in [1.54, 1.807) is 36.4 Å². The number of likely N-dealkylation sites (N-methyl/N-ethyl adjacent to an activating group) is 1. The monoisotopic (exact) mass is 382 g/mol. The number of ketones is 2. The molecule has 2 unspecified atom stereocenters. The molecule has 3 rings (SSSR count). The van der Waals surface area contributed by atoms with Crippen LogP contribution >= 0.6 is 0 Å². The molecule has 0 aliphatic carbocycles. The summed E-state index contributed by atoms with van der Waals surface area (Å²) in [5, 5.41) is 0. The molecule has 1 heterocycles. The molecule has 1 aliphatic heterocycles. The zero-order chi connectivity index (χ0) is 20.4. The van der Waals surface area contributed by atoms with Gasteiger partial charge in [0.25, 0.3) is 5.91 Å². The Morgan fingerprint density at radius 2 is 1.71 bits per heavy atom. The summed E-state index contributed by atoms with van der Waals surface area (Å²) in [5.41, 5.74) is 1.50. The van der Waals surface area contributed by atoms with Gasteiger partial charge in [0, 0.05) is 24.2 Å². The molecule has 0 saturated carbocycles. The SMILES string of the molecule is Cc1ccc(C(=O)C2C(=O)C(=O)N(CCN(C)C)C2c2ccccc2F)cc1. The molecule has 146 valence electrons. The van der Waals surface area contributed by atoms with Gasteiger partial charge in [-0.2, -0.15) is 0 Å². The fourth-order valence-electron chi connectivity index (χ4n) is 3.49. The van der Waals surface area contributed by atoms with Gasteiger partial charge in [0.15, 0.2) is 5.78 Å². The van der Waals surface area contributed by atoms with Gasteiger partial charge < -0.3 is 9.80 Å². The van der Waals surface area contributed by atoms with Crippen LogP contribution in [0.1, 0.15) is 27.5 Å². The number of carbonyl (C=O) groups is 3. The van der Waals surface area contributed by atoms with E-state index in [1.807, 2.05) is 25.9 Å². The molecule has 0 spiro atoms. The molecule has 5 nitrogen and oxygen atoms in total. The Labute approximate surface area is 163 Å². The second-order valence-corrected chi connectivity index (χ2v) is 7.34. The van der Waals surface area contributed by atoms with Gasteiger partial charge in [-0.25, -0.2) is 4.39 Å². The maximum Gasteiger partial charge on any atom is 0.291 e. The molecule has 2 atom stereocenters. The Morgan fingerprint density at radius 1 is 1.07 bits per heavy atom. The molecule has 2 aromatic rings. The zero-order valence-electron chi connectivity index (χ0n) is 16.2. The second kappa shape index (κ2) is 8.02. The van der Waals surface area contributed by atoms with Gasteiger partial charge in [-0.05, 0) is 27.1 Å². The van der Waals surface area contributed by atoms with Crippen LogP contribution in [0.4, 0.5) is 4.39 Å². The van der Waals surface area contributed by atoms with E-state index in [9.17, 15) is 18.8 Å². The topological polar surface area (TPSA) is 57.7 Å². The van der Waals surface area contributed by atoms with E-state index in [0.29, 0.717) is 12.1 Å². The Kier molecular flexibility index (Phi) is 5.70. The van der Waals surface area contributed by atoms with Crippen LogP contribution < -0.4 is 0 Å². The second-order valence-electron chi connectivity index (χ2n) is 7.34. The van der Waals surface area contributed by atoms with Crippen LogP contribution in [0.3, 0.4) is 0 Å². The van der Waals surface area contributed by atoms with E-state index in [-0.39, 0.29) is 12.1 Å². The largest absolute Gasteiger partial charge is 0.326 e. The molecule has 2 aromatic carbocycles. The summed E-state index contributed by atoms with van der Waals surface area (Å²) in [6.45, 7) is 2.62. The number of benzene rings is 2. The van der Waals surface area contributed by atoms with E-state index in [0.717, 1.165) is 5.56 Å². The smallest absolute Gasteiger partial charge is 0.291 e. The lowest BCUT2D eigenvalue weighted by atomic mass is 9.86. The van der Waals surface area contributed by atoms with Crippen molar-refractivity contribution in [3.63, 3.8) is 0 Å². The molecule has 1 fully saturated rings. The molecule has 1 aliphatic rings. The molecule has 1 saturated heterocycles. The molecule has 0 aromatic heterocycles. The molecule has 1 amide bonds. The molecule has 0 radical (unpaired) electrons. The van der Waals surface area contributed by atoms with Gasteiger partial charge in [-0.1, -0.05) is 48.0 Å². The molecule has 6 heteroatoms. The van der Waals surface area contributed by atoms with E-state index >= 15 is 0 Å². The van der Waals surface area contributed by atoms with Crippen LogP contribution in [0.5, 0.6) is 0 Å². The Bertz CT molecular complexity index is 908. The highest BCUT2D eigenvalue weighted by molar-refractivity contribution is 6.44. The summed E-state index contributed by atoms with van der Waals surface area (Å²) >= 11 is 0.